The first-order valence-electron chi connectivity index (χ1n) is 5.07. The first kappa shape index (κ1) is 10.8. The van der Waals surface area contributed by atoms with E-state index in [0.717, 1.165) is 23.1 Å². The Hall–Kier alpha value is -0.670. The van der Waals surface area contributed by atoms with Crippen LogP contribution in [0.4, 0.5) is 0 Å². The molecule has 0 atom stereocenters. The van der Waals surface area contributed by atoms with Crippen molar-refractivity contribution in [1.82, 2.24) is 4.90 Å². The number of hydrogen-bond acceptors (Lipinski definition) is 2. The molecule has 0 unspecified atom stereocenters. The first-order chi connectivity index (χ1) is 7.08. The van der Waals surface area contributed by atoms with E-state index < -0.39 is 0 Å². The lowest BCUT2D eigenvalue weighted by Crippen LogP contribution is -2.41. The second-order valence-corrected chi connectivity index (χ2v) is 5.06. The van der Waals surface area contributed by atoms with E-state index in [1.54, 1.807) is 6.92 Å². The summed E-state index contributed by atoms with van der Waals surface area (Å²) < 4.78 is 1.06. The average Bonchev–Trinajstić information content (AvgIpc) is 2.13. The summed E-state index contributed by atoms with van der Waals surface area (Å²) in [6.45, 7) is 3.81. The fourth-order valence-electron chi connectivity index (χ4n) is 1.97. The minimum atomic E-state index is 0.118. The zero-order valence-electron chi connectivity index (χ0n) is 8.96. The van der Waals surface area contributed by atoms with Crippen molar-refractivity contribution in [3.8, 4) is 0 Å². The van der Waals surface area contributed by atoms with Gasteiger partial charge in [0.1, 0.15) is 0 Å². The number of carbonyl (C=O) groups is 1. The highest BCUT2D eigenvalue weighted by Crippen LogP contribution is 2.31. The zero-order valence-corrected chi connectivity index (χ0v) is 10.5. The Morgan fingerprint density at radius 1 is 1.47 bits per heavy atom. The van der Waals surface area contributed by atoms with Crippen LogP contribution in [0.2, 0.25) is 0 Å². The van der Waals surface area contributed by atoms with Crippen molar-refractivity contribution in [2.45, 2.75) is 12.8 Å². The average molecular weight is 268 g/mol. The number of carbonyl (C=O) groups excluding carboxylic acids is 1. The summed E-state index contributed by atoms with van der Waals surface area (Å²) in [5, 5.41) is 0. The third-order valence-corrected chi connectivity index (χ3v) is 3.60. The molecule has 1 aliphatic heterocycles. The van der Waals surface area contributed by atoms with E-state index in [1.807, 2.05) is 12.1 Å². The van der Waals surface area contributed by atoms with Gasteiger partial charge in [0.2, 0.25) is 0 Å². The highest BCUT2D eigenvalue weighted by atomic mass is 79.9. The van der Waals surface area contributed by atoms with Crippen LogP contribution in [0.25, 0.3) is 0 Å². The number of ketones is 1. The largest absolute Gasteiger partial charge is 0.305 e. The summed E-state index contributed by atoms with van der Waals surface area (Å²) in [5.74, 6) is 0.735. The van der Waals surface area contributed by atoms with Crippen LogP contribution in [0.15, 0.2) is 22.7 Å². The molecule has 0 spiro atoms. The van der Waals surface area contributed by atoms with Crippen LogP contribution in [0.5, 0.6) is 0 Å². The van der Waals surface area contributed by atoms with Gasteiger partial charge in [-0.05, 0) is 25.6 Å². The maximum atomic E-state index is 11.2. The first-order valence-corrected chi connectivity index (χ1v) is 5.86. The molecule has 1 fully saturated rings. The lowest BCUT2D eigenvalue weighted by Gasteiger charge is -2.37. The van der Waals surface area contributed by atoms with Gasteiger partial charge in [0.15, 0.2) is 5.78 Å². The summed E-state index contributed by atoms with van der Waals surface area (Å²) in [4.78, 5) is 13.5. The highest BCUT2D eigenvalue weighted by molar-refractivity contribution is 9.10. The van der Waals surface area contributed by atoms with E-state index in [2.05, 4.69) is 33.9 Å². The molecule has 0 bridgehead atoms. The number of hydrogen-bond donors (Lipinski definition) is 0. The van der Waals surface area contributed by atoms with E-state index in [0.29, 0.717) is 5.92 Å². The standard InChI is InChI=1S/C12H14BrNO/c1-8(15)9-3-4-11(12(13)5-9)10-6-14(2)7-10/h3-5,10H,6-7H2,1-2H3. The molecule has 1 aromatic rings. The van der Waals surface area contributed by atoms with Crippen molar-refractivity contribution >= 4 is 21.7 Å². The predicted molar refractivity (Wildman–Crippen MR) is 64.4 cm³/mol. The van der Waals surface area contributed by atoms with Crippen LogP contribution in [-0.4, -0.2) is 30.8 Å². The fourth-order valence-corrected chi connectivity index (χ4v) is 2.68. The van der Waals surface area contributed by atoms with Gasteiger partial charge in [0.05, 0.1) is 0 Å². The van der Waals surface area contributed by atoms with Crippen LogP contribution in [-0.2, 0) is 0 Å². The summed E-state index contributed by atoms with van der Waals surface area (Å²) in [6.07, 6.45) is 0. The molecule has 0 aromatic heterocycles. The van der Waals surface area contributed by atoms with E-state index >= 15 is 0 Å². The minimum absolute atomic E-state index is 0.118. The Labute approximate surface area is 98.4 Å². The van der Waals surface area contributed by atoms with Crippen LogP contribution in [0.1, 0.15) is 28.8 Å². The molecule has 1 heterocycles. The third kappa shape index (κ3) is 2.13. The van der Waals surface area contributed by atoms with Gasteiger partial charge in [0.25, 0.3) is 0 Å². The summed E-state index contributed by atoms with van der Waals surface area (Å²) in [6, 6.07) is 5.91. The monoisotopic (exact) mass is 267 g/mol. The van der Waals surface area contributed by atoms with E-state index in [1.165, 1.54) is 5.56 Å². The second kappa shape index (κ2) is 4.06. The molecule has 0 aliphatic carbocycles. The van der Waals surface area contributed by atoms with Crippen molar-refractivity contribution in [3.05, 3.63) is 33.8 Å². The Morgan fingerprint density at radius 2 is 2.13 bits per heavy atom. The molecule has 0 amide bonds. The maximum absolute atomic E-state index is 11.2. The molecule has 3 heteroatoms. The van der Waals surface area contributed by atoms with Crippen molar-refractivity contribution in [2.24, 2.45) is 0 Å². The minimum Gasteiger partial charge on any atom is -0.305 e. The van der Waals surface area contributed by atoms with Crippen LogP contribution >= 0.6 is 15.9 Å². The molecule has 15 heavy (non-hydrogen) atoms. The molecular formula is C12H14BrNO. The van der Waals surface area contributed by atoms with E-state index in [9.17, 15) is 4.79 Å². The van der Waals surface area contributed by atoms with Gasteiger partial charge in [-0.2, -0.15) is 0 Å². The molecule has 1 aromatic carbocycles. The van der Waals surface area contributed by atoms with Crippen molar-refractivity contribution < 1.29 is 4.79 Å². The lowest BCUT2D eigenvalue weighted by atomic mass is 9.91. The molecule has 2 rings (SSSR count). The number of Topliss-reactive ketones (excluding diaryl/α,β-unsaturated/α-hetero) is 1. The molecule has 2 nitrogen and oxygen atoms in total. The van der Waals surface area contributed by atoms with Gasteiger partial charge in [-0.3, -0.25) is 4.79 Å². The SMILES string of the molecule is CC(=O)c1ccc(C2CN(C)C2)c(Br)c1. The molecule has 0 saturated carbocycles. The van der Waals surface area contributed by atoms with Crippen LogP contribution in [0, 0.1) is 0 Å². The van der Waals surface area contributed by atoms with Gasteiger partial charge in [-0.1, -0.05) is 28.1 Å². The highest BCUT2D eigenvalue weighted by Gasteiger charge is 2.26. The normalized spacial score (nSPS) is 17.5. The molecule has 80 valence electrons. The Bertz CT molecular complexity index is 397. The summed E-state index contributed by atoms with van der Waals surface area (Å²) >= 11 is 3.54. The van der Waals surface area contributed by atoms with E-state index in [4.69, 9.17) is 0 Å². The number of nitrogens with zero attached hydrogens (tertiary/aromatic N) is 1. The predicted octanol–water partition coefficient (Wildman–Crippen LogP) is 2.68. The Kier molecular flexibility index (Phi) is 2.94. The van der Waals surface area contributed by atoms with E-state index in [-0.39, 0.29) is 5.78 Å². The van der Waals surface area contributed by atoms with Gasteiger partial charge >= 0.3 is 0 Å². The molecule has 1 aliphatic rings. The maximum Gasteiger partial charge on any atom is 0.159 e. The third-order valence-electron chi connectivity index (χ3n) is 2.91. The summed E-state index contributed by atoms with van der Waals surface area (Å²) in [5.41, 5.74) is 2.09. The van der Waals surface area contributed by atoms with Gasteiger partial charge in [0, 0.05) is 29.0 Å². The quantitative estimate of drug-likeness (QED) is 0.768. The number of likely N-dealkylation sites (tertiary alicyclic amines) is 1. The zero-order chi connectivity index (χ0) is 11.0. The lowest BCUT2D eigenvalue weighted by molar-refractivity contribution is 0.101. The number of likely N-dealkylation sites (N-methyl/N-ethyl adjacent to an activating group) is 1. The number of halogens is 1. The molecular weight excluding hydrogens is 254 g/mol. The van der Waals surface area contributed by atoms with Crippen molar-refractivity contribution in [1.29, 1.82) is 0 Å². The van der Waals surface area contributed by atoms with Crippen LogP contribution < -0.4 is 0 Å². The molecule has 0 radical (unpaired) electrons. The second-order valence-electron chi connectivity index (χ2n) is 4.21. The van der Waals surface area contributed by atoms with Gasteiger partial charge < -0.3 is 4.90 Å². The van der Waals surface area contributed by atoms with Gasteiger partial charge in [-0.15, -0.1) is 0 Å². The molecule has 0 N–H and O–H groups in total. The summed E-state index contributed by atoms with van der Waals surface area (Å²) in [7, 11) is 2.12. The fraction of sp³-hybridized carbons (Fsp3) is 0.417. The smallest absolute Gasteiger partial charge is 0.159 e. The molecule has 1 saturated heterocycles. The Morgan fingerprint density at radius 3 is 2.60 bits per heavy atom. The van der Waals surface area contributed by atoms with Gasteiger partial charge in [-0.25, -0.2) is 0 Å². The topological polar surface area (TPSA) is 20.3 Å². The van der Waals surface area contributed by atoms with Crippen molar-refractivity contribution in [2.75, 3.05) is 20.1 Å². The number of rotatable bonds is 2. The Balaban J connectivity index is 2.23. The van der Waals surface area contributed by atoms with Crippen molar-refractivity contribution in [3.63, 3.8) is 0 Å². The number of benzene rings is 1. The van der Waals surface area contributed by atoms with Crippen LogP contribution in [0.3, 0.4) is 0 Å².